The zero-order chi connectivity index (χ0) is 8.32. The van der Waals surface area contributed by atoms with Gasteiger partial charge in [-0.2, -0.15) is 0 Å². The fraction of sp³-hybridized carbons (Fsp3) is 0.857. The van der Waals surface area contributed by atoms with E-state index in [0.29, 0.717) is 6.54 Å². The monoisotopic (exact) mass is 158 g/mol. The maximum Gasteiger partial charge on any atom is 0.315 e. The standard InChI is InChI=1S/C7H14N2O2/c1-2-8-6(11)9-7(5-10)3-4-7/h10H,2-5H2,1H3,(H2,8,9,11). The summed E-state index contributed by atoms with van der Waals surface area (Å²) in [6.07, 6.45) is 1.78. The van der Waals surface area contributed by atoms with Crippen molar-refractivity contribution in [1.29, 1.82) is 0 Å². The molecule has 0 unspecified atom stereocenters. The van der Waals surface area contributed by atoms with Crippen molar-refractivity contribution in [2.24, 2.45) is 0 Å². The van der Waals surface area contributed by atoms with Crippen LogP contribution in [0, 0.1) is 0 Å². The Balaban J connectivity index is 2.24. The highest BCUT2D eigenvalue weighted by molar-refractivity contribution is 5.75. The third kappa shape index (κ3) is 2.08. The highest BCUT2D eigenvalue weighted by Crippen LogP contribution is 2.34. The predicted octanol–water partition coefficient (Wildman–Crippen LogP) is -0.170. The summed E-state index contributed by atoms with van der Waals surface area (Å²) in [5, 5.41) is 14.2. The molecule has 1 fully saturated rings. The van der Waals surface area contributed by atoms with Crippen molar-refractivity contribution in [3.05, 3.63) is 0 Å². The molecular formula is C7H14N2O2. The number of aliphatic hydroxyl groups is 1. The Labute approximate surface area is 66.0 Å². The van der Waals surface area contributed by atoms with Crippen molar-refractivity contribution in [1.82, 2.24) is 10.6 Å². The Bertz CT molecular complexity index is 155. The van der Waals surface area contributed by atoms with E-state index in [1.165, 1.54) is 0 Å². The third-order valence-corrected chi connectivity index (χ3v) is 1.87. The quantitative estimate of drug-likeness (QED) is 0.534. The highest BCUT2D eigenvalue weighted by Gasteiger charge is 2.43. The Kier molecular flexibility index (Phi) is 2.34. The van der Waals surface area contributed by atoms with Crippen LogP contribution in [-0.2, 0) is 0 Å². The van der Waals surface area contributed by atoms with Crippen LogP contribution in [-0.4, -0.2) is 29.8 Å². The molecule has 1 aliphatic rings. The number of urea groups is 1. The number of carbonyl (C=O) groups is 1. The van der Waals surface area contributed by atoms with Crippen LogP contribution < -0.4 is 10.6 Å². The number of rotatable bonds is 3. The van der Waals surface area contributed by atoms with Crippen molar-refractivity contribution >= 4 is 6.03 Å². The van der Waals surface area contributed by atoms with Gasteiger partial charge in [0.15, 0.2) is 0 Å². The van der Waals surface area contributed by atoms with Gasteiger partial charge in [-0.15, -0.1) is 0 Å². The number of hydrogen-bond donors (Lipinski definition) is 3. The maximum absolute atomic E-state index is 10.9. The molecule has 4 heteroatoms. The summed E-state index contributed by atoms with van der Waals surface area (Å²) in [6, 6.07) is -0.181. The summed E-state index contributed by atoms with van der Waals surface area (Å²) < 4.78 is 0. The van der Waals surface area contributed by atoms with E-state index in [4.69, 9.17) is 5.11 Å². The van der Waals surface area contributed by atoms with Crippen LogP contribution >= 0.6 is 0 Å². The zero-order valence-electron chi connectivity index (χ0n) is 6.68. The van der Waals surface area contributed by atoms with Crippen molar-refractivity contribution in [3.8, 4) is 0 Å². The van der Waals surface area contributed by atoms with Gasteiger partial charge >= 0.3 is 6.03 Å². The van der Waals surface area contributed by atoms with Crippen molar-refractivity contribution in [3.63, 3.8) is 0 Å². The summed E-state index contributed by atoms with van der Waals surface area (Å²) in [5.74, 6) is 0. The molecule has 4 nitrogen and oxygen atoms in total. The summed E-state index contributed by atoms with van der Waals surface area (Å²) in [7, 11) is 0. The lowest BCUT2D eigenvalue weighted by molar-refractivity contribution is 0.210. The van der Waals surface area contributed by atoms with E-state index < -0.39 is 0 Å². The summed E-state index contributed by atoms with van der Waals surface area (Å²) >= 11 is 0. The van der Waals surface area contributed by atoms with E-state index in [1.54, 1.807) is 0 Å². The first-order valence-corrected chi connectivity index (χ1v) is 3.89. The smallest absolute Gasteiger partial charge is 0.315 e. The lowest BCUT2D eigenvalue weighted by Crippen LogP contribution is -2.45. The average Bonchev–Trinajstić information content (AvgIpc) is 2.70. The molecule has 0 heterocycles. The number of amides is 2. The molecule has 3 N–H and O–H groups in total. The van der Waals surface area contributed by atoms with Crippen LogP contribution in [0.4, 0.5) is 4.79 Å². The molecule has 1 saturated carbocycles. The van der Waals surface area contributed by atoms with Gasteiger partial charge in [-0.05, 0) is 19.8 Å². The topological polar surface area (TPSA) is 61.4 Å². The van der Waals surface area contributed by atoms with Gasteiger partial charge in [0.1, 0.15) is 0 Å². The molecule has 0 radical (unpaired) electrons. The first-order valence-electron chi connectivity index (χ1n) is 3.89. The van der Waals surface area contributed by atoms with E-state index >= 15 is 0 Å². The second kappa shape index (κ2) is 3.09. The molecule has 0 spiro atoms. The molecule has 0 aromatic carbocycles. The van der Waals surface area contributed by atoms with Crippen LogP contribution in [0.15, 0.2) is 0 Å². The average molecular weight is 158 g/mol. The van der Waals surface area contributed by atoms with E-state index in [2.05, 4.69) is 10.6 Å². The molecule has 0 aromatic heterocycles. The highest BCUT2D eigenvalue weighted by atomic mass is 16.3. The van der Waals surface area contributed by atoms with E-state index in [1.807, 2.05) is 6.92 Å². The zero-order valence-corrected chi connectivity index (χ0v) is 6.68. The largest absolute Gasteiger partial charge is 0.394 e. The predicted molar refractivity (Wildman–Crippen MR) is 41.3 cm³/mol. The lowest BCUT2D eigenvalue weighted by atomic mass is 10.3. The molecule has 1 aliphatic carbocycles. The summed E-state index contributed by atoms with van der Waals surface area (Å²) in [6.45, 7) is 2.52. The molecule has 0 aliphatic heterocycles. The minimum Gasteiger partial charge on any atom is -0.394 e. The molecule has 2 amide bonds. The Morgan fingerprint density at radius 1 is 1.64 bits per heavy atom. The van der Waals surface area contributed by atoms with Crippen LogP contribution in [0.3, 0.4) is 0 Å². The van der Waals surface area contributed by atoms with Crippen LogP contribution in [0.1, 0.15) is 19.8 Å². The number of nitrogens with one attached hydrogen (secondary N) is 2. The van der Waals surface area contributed by atoms with Crippen molar-refractivity contribution in [2.75, 3.05) is 13.2 Å². The third-order valence-electron chi connectivity index (χ3n) is 1.87. The van der Waals surface area contributed by atoms with Gasteiger partial charge in [0.25, 0.3) is 0 Å². The molecule has 64 valence electrons. The van der Waals surface area contributed by atoms with Crippen molar-refractivity contribution in [2.45, 2.75) is 25.3 Å². The second-order valence-corrected chi connectivity index (χ2v) is 2.92. The summed E-state index contributed by atoms with van der Waals surface area (Å²) in [5.41, 5.74) is -0.292. The fourth-order valence-corrected chi connectivity index (χ4v) is 0.919. The van der Waals surface area contributed by atoms with Gasteiger partial charge in [0.05, 0.1) is 12.1 Å². The minimum absolute atomic E-state index is 0.0458. The molecule has 0 atom stereocenters. The molecule has 0 saturated heterocycles. The molecule has 0 aromatic rings. The molecule has 11 heavy (non-hydrogen) atoms. The minimum atomic E-state index is -0.292. The molecule has 0 bridgehead atoms. The Hall–Kier alpha value is -0.770. The van der Waals surface area contributed by atoms with Gasteiger partial charge in [0, 0.05) is 6.54 Å². The van der Waals surface area contributed by atoms with Gasteiger partial charge in [-0.1, -0.05) is 0 Å². The Morgan fingerprint density at radius 3 is 2.64 bits per heavy atom. The number of carbonyl (C=O) groups excluding carboxylic acids is 1. The SMILES string of the molecule is CCNC(=O)NC1(CO)CC1. The maximum atomic E-state index is 10.9. The van der Waals surface area contributed by atoms with Crippen LogP contribution in [0.25, 0.3) is 0 Å². The second-order valence-electron chi connectivity index (χ2n) is 2.92. The van der Waals surface area contributed by atoms with Crippen LogP contribution in [0.5, 0.6) is 0 Å². The summed E-state index contributed by atoms with van der Waals surface area (Å²) in [4.78, 5) is 10.9. The van der Waals surface area contributed by atoms with E-state index in [9.17, 15) is 4.79 Å². The van der Waals surface area contributed by atoms with Crippen LogP contribution in [0.2, 0.25) is 0 Å². The molecule has 1 rings (SSSR count). The van der Waals surface area contributed by atoms with Gasteiger partial charge in [0.2, 0.25) is 0 Å². The normalized spacial score (nSPS) is 19.1. The van der Waals surface area contributed by atoms with Crippen molar-refractivity contribution < 1.29 is 9.90 Å². The first-order chi connectivity index (χ1) is 5.22. The number of aliphatic hydroxyl groups excluding tert-OH is 1. The Morgan fingerprint density at radius 2 is 2.27 bits per heavy atom. The fourth-order valence-electron chi connectivity index (χ4n) is 0.919. The number of hydrogen-bond acceptors (Lipinski definition) is 2. The molecular weight excluding hydrogens is 144 g/mol. The van der Waals surface area contributed by atoms with E-state index in [0.717, 1.165) is 12.8 Å². The van der Waals surface area contributed by atoms with Gasteiger partial charge in [-0.3, -0.25) is 0 Å². The van der Waals surface area contributed by atoms with Gasteiger partial charge < -0.3 is 15.7 Å². The lowest BCUT2D eigenvalue weighted by Gasteiger charge is -2.13. The first kappa shape index (κ1) is 8.33. The van der Waals surface area contributed by atoms with Gasteiger partial charge in [-0.25, -0.2) is 4.79 Å². The van der Waals surface area contributed by atoms with E-state index in [-0.39, 0.29) is 18.2 Å².